The molecule has 0 saturated carbocycles. The zero-order valence-corrected chi connectivity index (χ0v) is 12.0. The fourth-order valence-electron chi connectivity index (χ4n) is 1.79. The first-order chi connectivity index (χ1) is 8.61. The van der Waals surface area contributed by atoms with Gasteiger partial charge in [0.15, 0.2) is 0 Å². The van der Waals surface area contributed by atoms with E-state index in [4.69, 9.17) is 10.3 Å². The molecule has 0 radical (unpaired) electrons. The maximum absolute atomic E-state index is 5.74. The summed E-state index contributed by atoms with van der Waals surface area (Å²) in [5, 5.41) is 4.02. The molecule has 0 bridgehead atoms. The molecule has 1 heterocycles. The highest BCUT2D eigenvalue weighted by molar-refractivity contribution is 9.10. The van der Waals surface area contributed by atoms with Gasteiger partial charge in [0.25, 0.3) is 0 Å². The number of rotatable bonds is 4. The van der Waals surface area contributed by atoms with Crippen LogP contribution in [0.25, 0.3) is 11.4 Å². The minimum atomic E-state index is 0.110. The predicted molar refractivity (Wildman–Crippen MR) is 74.1 cm³/mol. The second kappa shape index (κ2) is 5.63. The maximum atomic E-state index is 5.74. The average Bonchev–Trinajstić information content (AvgIpc) is 2.79. The second-order valence-corrected chi connectivity index (χ2v) is 5.47. The lowest BCUT2D eigenvalue weighted by Crippen LogP contribution is -2.18. The van der Waals surface area contributed by atoms with Gasteiger partial charge in [0.05, 0.1) is 5.92 Å². The normalized spacial score (nSPS) is 12.9. The number of benzene rings is 1. The SMILES string of the molecule is CC(C)C(CN)c1nc(-c2cccc(Br)c2)no1. The van der Waals surface area contributed by atoms with Gasteiger partial charge < -0.3 is 10.3 Å². The summed E-state index contributed by atoms with van der Waals surface area (Å²) < 4.78 is 6.31. The molecule has 1 unspecified atom stereocenters. The van der Waals surface area contributed by atoms with Gasteiger partial charge in [-0.3, -0.25) is 0 Å². The topological polar surface area (TPSA) is 64.9 Å². The van der Waals surface area contributed by atoms with Crippen molar-refractivity contribution < 1.29 is 4.52 Å². The van der Waals surface area contributed by atoms with Crippen molar-refractivity contribution in [2.24, 2.45) is 11.7 Å². The van der Waals surface area contributed by atoms with E-state index in [-0.39, 0.29) is 5.92 Å². The fraction of sp³-hybridized carbons (Fsp3) is 0.385. The van der Waals surface area contributed by atoms with Crippen molar-refractivity contribution in [1.82, 2.24) is 10.1 Å². The van der Waals surface area contributed by atoms with Gasteiger partial charge in [0, 0.05) is 16.6 Å². The molecule has 5 heteroatoms. The van der Waals surface area contributed by atoms with E-state index in [0.717, 1.165) is 10.0 Å². The van der Waals surface area contributed by atoms with Crippen LogP contribution in [0, 0.1) is 5.92 Å². The van der Waals surface area contributed by atoms with Crippen LogP contribution in [0.4, 0.5) is 0 Å². The summed E-state index contributed by atoms with van der Waals surface area (Å²) in [6, 6.07) is 7.81. The molecular formula is C13H16BrN3O. The van der Waals surface area contributed by atoms with Gasteiger partial charge >= 0.3 is 0 Å². The predicted octanol–water partition coefficient (Wildman–Crippen LogP) is 3.20. The van der Waals surface area contributed by atoms with Crippen LogP contribution in [-0.2, 0) is 0 Å². The Balaban J connectivity index is 2.30. The number of nitrogens with zero attached hydrogens (tertiary/aromatic N) is 2. The molecule has 0 saturated heterocycles. The van der Waals surface area contributed by atoms with Crippen molar-refractivity contribution >= 4 is 15.9 Å². The van der Waals surface area contributed by atoms with Crippen LogP contribution >= 0.6 is 15.9 Å². The molecule has 1 aromatic carbocycles. The van der Waals surface area contributed by atoms with Gasteiger partial charge in [-0.25, -0.2) is 0 Å². The molecule has 2 N–H and O–H groups in total. The molecular weight excluding hydrogens is 294 g/mol. The molecule has 0 amide bonds. The summed E-state index contributed by atoms with van der Waals surface area (Å²) in [7, 11) is 0. The molecule has 18 heavy (non-hydrogen) atoms. The second-order valence-electron chi connectivity index (χ2n) is 4.55. The van der Waals surface area contributed by atoms with Crippen LogP contribution < -0.4 is 5.73 Å². The van der Waals surface area contributed by atoms with Crippen molar-refractivity contribution in [2.45, 2.75) is 19.8 Å². The van der Waals surface area contributed by atoms with E-state index < -0.39 is 0 Å². The van der Waals surface area contributed by atoms with E-state index in [0.29, 0.717) is 24.2 Å². The average molecular weight is 310 g/mol. The van der Waals surface area contributed by atoms with Crippen molar-refractivity contribution in [3.05, 3.63) is 34.6 Å². The molecule has 0 fully saturated rings. The summed E-state index contributed by atoms with van der Waals surface area (Å²) in [5.74, 6) is 1.71. The molecule has 4 nitrogen and oxygen atoms in total. The van der Waals surface area contributed by atoms with Crippen LogP contribution in [0.2, 0.25) is 0 Å². The Labute approximate surface area is 115 Å². The van der Waals surface area contributed by atoms with E-state index in [1.165, 1.54) is 0 Å². The maximum Gasteiger partial charge on any atom is 0.231 e. The Hall–Kier alpha value is -1.20. The lowest BCUT2D eigenvalue weighted by molar-refractivity contribution is 0.324. The number of hydrogen-bond donors (Lipinski definition) is 1. The third-order valence-corrected chi connectivity index (χ3v) is 3.39. The highest BCUT2D eigenvalue weighted by Crippen LogP contribution is 2.25. The number of nitrogens with two attached hydrogens (primary N) is 1. The first-order valence-corrected chi connectivity index (χ1v) is 6.70. The molecule has 0 aliphatic heterocycles. The first-order valence-electron chi connectivity index (χ1n) is 5.91. The molecule has 0 spiro atoms. The Kier molecular flexibility index (Phi) is 4.14. The highest BCUT2D eigenvalue weighted by atomic mass is 79.9. The monoisotopic (exact) mass is 309 g/mol. The Morgan fingerprint density at radius 2 is 2.17 bits per heavy atom. The van der Waals surface area contributed by atoms with Crippen molar-refractivity contribution in [3.63, 3.8) is 0 Å². The number of aromatic nitrogens is 2. The lowest BCUT2D eigenvalue weighted by atomic mass is 9.96. The molecule has 2 aromatic rings. The zero-order valence-electron chi connectivity index (χ0n) is 10.4. The summed E-state index contributed by atoms with van der Waals surface area (Å²) >= 11 is 3.43. The summed E-state index contributed by atoms with van der Waals surface area (Å²) in [6.07, 6.45) is 0. The van der Waals surface area contributed by atoms with Gasteiger partial charge in [-0.05, 0) is 18.1 Å². The van der Waals surface area contributed by atoms with Crippen LogP contribution in [0.3, 0.4) is 0 Å². The Morgan fingerprint density at radius 1 is 1.39 bits per heavy atom. The minimum absolute atomic E-state index is 0.110. The molecule has 0 aliphatic carbocycles. The first kappa shape index (κ1) is 13.2. The van der Waals surface area contributed by atoms with Crippen LogP contribution in [0.1, 0.15) is 25.7 Å². The smallest absolute Gasteiger partial charge is 0.231 e. The standard InChI is InChI=1S/C13H16BrN3O/c1-8(2)11(7-15)13-16-12(17-18-13)9-4-3-5-10(14)6-9/h3-6,8,11H,7,15H2,1-2H3. The van der Waals surface area contributed by atoms with Gasteiger partial charge in [-0.2, -0.15) is 4.98 Å². The molecule has 1 aromatic heterocycles. The lowest BCUT2D eigenvalue weighted by Gasteiger charge is -2.13. The number of halogens is 1. The summed E-state index contributed by atoms with van der Waals surface area (Å²) in [5.41, 5.74) is 6.67. The van der Waals surface area contributed by atoms with Gasteiger partial charge in [-0.15, -0.1) is 0 Å². The van der Waals surface area contributed by atoms with Gasteiger partial charge in [-0.1, -0.05) is 47.1 Å². The van der Waals surface area contributed by atoms with Crippen molar-refractivity contribution in [1.29, 1.82) is 0 Å². The van der Waals surface area contributed by atoms with Crippen molar-refractivity contribution in [3.8, 4) is 11.4 Å². The van der Waals surface area contributed by atoms with E-state index in [1.54, 1.807) is 0 Å². The highest BCUT2D eigenvalue weighted by Gasteiger charge is 2.21. The van der Waals surface area contributed by atoms with Gasteiger partial charge in [0.1, 0.15) is 0 Å². The zero-order chi connectivity index (χ0) is 13.1. The molecule has 1 atom stereocenters. The van der Waals surface area contributed by atoms with E-state index in [1.807, 2.05) is 24.3 Å². The minimum Gasteiger partial charge on any atom is -0.339 e. The van der Waals surface area contributed by atoms with Gasteiger partial charge in [0.2, 0.25) is 11.7 Å². The van der Waals surface area contributed by atoms with E-state index in [2.05, 4.69) is 39.9 Å². The van der Waals surface area contributed by atoms with Crippen LogP contribution in [-0.4, -0.2) is 16.7 Å². The van der Waals surface area contributed by atoms with Crippen molar-refractivity contribution in [2.75, 3.05) is 6.54 Å². The Bertz CT molecular complexity index is 524. The van der Waals surface area contributed by atoms with Crippen LogP contribution in [0.5, 0.6) is 0 Å². The quantitative estimate of drug-likeness (QED) is 0.942. The fourth-order valence-corrected chi connectivity index (χ4v) is 2.19. The van der Waals surface area contributed by atoms with E-state index >= 15 is 0 Å². The number of hydrogen-bond acceptors (Lipinski definition) is 4. The molecule has 96 valence electrons. The van der Waals surface area contributed by atoms with Crippen LogP contribution in [0.15, 0.2) is 33.3 Å². The molecule has 0 aliphatic rings. The molecule has 2 rings (SSSR count). The third-order valence-electron chi connectivity index (χ3n) is 2.90. The summed E-state index contributed by atoms with van der Waals surface area (Å²) in [6.45, 7) is 4.71. The summed E-state index contributed by atoms with van der Waals surface area (Å²) in [4.78, 5) is 4.44. The third kappa shape index (κ3) is 2.79. The van der Waals surface area contributed by atoms with E-state index in [9.17, 15) is 0 Å². The largest absolute Gasteiger partial charge is 0.339 e. The Morgan fingerprint density at radius 3 is 2.78 bits per heavy atom.